The lowest BCUT2D eigenvalue weighted by Crippen LogP contribution is -2.22. The fraction of sp³-hybridized carbons (Fsp3) is 0.429. The summed E-state index contributed by atoms with van der Waals surface area (Å²) in [5, 5.41) is 7.20. The summed E-state index contributed by atoms with van der Waals surface area (Å²) >= 11 is 2.91. The van der Waals surface area contributed by atoms with E-state index < -0.39 is 10.0 Å². The first kappa shape index (κ1) is 16.6. The molecule has 0 atom stereocenters. The largest absolute Gasteiger partial charge is 0.312 e. The first-order valence-corrected chi connectivity index (χ1v) is 10.1. The lowest BCUT2D eigenvalue weighted by molar-refractivity contribution is 0.583. The van der Waals surface area contributed by atoms with E-state index in [1.165, 1.54) is 11.3 Å². The van der Waals surface area contributed by atoms with Gasteiger partial charge in [0.05, 0.1) is 0 Å². The molecule has 2 aromatic rings. The molecule has 2 N–H and O–H groups in total. The van der Waals surface area contributed by atoms with Crippen molar-refractivity contribution in [2.75, 3.05) is 6.54 Å². The summed E-state index contributed by atoms with van der Waals surface area (Å²) in [4.78, 5) is 1.08. The van der Waals surface area contributed by atoms with Gasteiger partial charge in [-0.15, -0.1) is 11.3 Å². The molecular formula is C14H20N2O2S3. The molecule has 7 heteroatoms. The molecule has 0 spiro atoms. The monoisotopic (exact) mass is 344 g/mol. The molecule has 0 unspecified atom stereocenters. The third-order valence-corrected chi connectivity index (χ3v) is 6.87. The minimum atomic E-state index is -3.42. The third-order valence-electron chi connectivity index (χ3n) is 3.02. The van der Waals surface area contributed by atoms with E-state index in [2.05, 4.69) is 17.0 Å². The number of aryl methyl sites for hydroxylation is 1. The molecule has 0 amide bonds. The molecule has 4 nitrogen and oxygen atoms in total. The van der Waals surface area contributed by atoms with Crippen molar-refractivity contribution in [3.8, 4) is 0 Å². The van der Waals surface area contributed by atoms with Crippen LogP contribution in [0.25, 0.3) is 0 Å². The van der Waals surface area contributed by atoms with Gasteiger partial charge >= 0.3 is 0 Å². The van der Waals surface area contributed by atoms with Gasteiger partial charge in [0.2, 0.25) is 10.0 Å². The molecule has 0 aromatic carbocycles. The van der Waals surface area contributed by atoms with Crippen LogP contribution >= 0.6 is 22.7 Å². The average Bonchev–Trinajstić information content (AvgIpc) is 3.07. The van der Waals surface area contributed by atoms with Gasteiger partial charge in [0.1, 0.15) is 4.21 Å². The van der Waals surface area contributed by atoms with E-state index in [1.54, 1.807) is 17.4 Å². The van der Waals surface area contributed by atoms with Gasteiger partial charge in [-0.1, -0.05) is 6.92 Å². The summed E-state index contributed by atoms with van der Waals surface area (Å²) in [5.41, 5.74) is 2.02. The Morgan fingerprint density at radius 3 is 2.76 bits per heavy atom. The topological polar surface area (TPSA) is 58.2 Å². The van der Waals surface area contributed by atoms with Crippen LogP contribution in [0.15, 0.2) is 27.1 Å². The van der Waals surface area contributed by atoms with Crippen molar-refractivity contribution in [2.24, 2.45) is 0 Å². The molecule has 0 bridgehead atoms. The van der Waals surface area contributed by atoms with Crippen molar-refractivity contribution in [3.63, 3.8) is 0 Å². The van der Waals surface area contributed by atoms with Crippen LogP contribution in [0.3, 0.4) is 0 Å². The Morgan fingerprint density at radius 2 is 2.10 bits per heavy atom. The Morgan fingerprint density at radius 1 is 1.29 bits per heavy atom. The molecule has 0 aliphatic carbocycles. The second-order valence-corrected chi connectivity index (χ2v) is 8.72. The van der Waals surface area contributed by atoms with Gasteiger partial charge in [0.15, 0.2) is 0 Å². The highest BCUT2D eigenvalue weighted by Gasteiger charge is 2.18. The summed E-state index contributed by atoms with van der Waals surface area (Å²) in [6.07, 6.45) is 1.07. The van der Waals surface area contributed by atoms with Crippen LogP contribution in [0, 0.1) is 6.92 Å². The molecule has 0 aliphatic rings. The standard InChI is InChI=1S/C14H20N2O2S3/c1-3-5-15-9-13-11(2)7-14(20-13)21(17,18)16-8-12-4-6-19-10-12/h4,6-7,10,15-16H,3,5,8-9H2,1-2H3. The van der Waals surface area contributed by atoms with Crippen LogP contribution < -0.4 is 10.0 Å². The van der Waals surface area contributed by atoms with E-state index in [1.807, 2.05) is 23.8 Å². The quantitative estimate of drug-likeness (QED) is 0.724. The predicted octanol–water partition coefficient (Wildman–Crippen LogP) is 3.10. The van der Waals surface area contributed by atoms with Crippen LogP contribution in [-0.2, 0) is 23.1 Å². The number of nitrogens with one attached hydrogen (secondary N) is 2. The lowest BCUT2D eigenvalue weighted by Gasteiger charge is -2.03. The van der Waals surface area contributed by atoms with E-state index >= 15 is 0 Å². The summed E-state index contributed by atoms with van der Waals surface area (Å²) in [6, 6.07) is 3.68. The summed E-state index contributed by atoms with van der Waals surface area (Å²) in [5.74, 6) is 0. The van der Waals surface area contributed by atoms with E-state index in [4.69, 9.17) is 0 Å². The van der Waals surface area contributed by atoms with E-state index in [0.29, 0.717) is 10.8 Å². The van der Waals surface area contributed by atoms with Gasteiger partial charge in [-0.05, 0) is 53.9 Å². The van der Waals surface area contributed by atoms with Gasteiger partial charge in [-0.25, -0.2) is 13.1 Å². The fourth-order valence-electron chi connectivity index (χ4n) is 1.82. The van der Waals surface area contributed by atoms with Gasteiger partial charge in [-0.3, -0.25) is 0 Å². The molecule has 2 heterocycles. The highest BCUT2D eigenvalue weighted by molar-refractivity contribution is 7.91. The Balaban J connectivity index is 2.04. The first-order chi connectivity index (χ1) is 10.0. The van der Waals surface area contributed by atoms with Gasteiger partial charge in [-0.2, -0.15) is 11.3 Å². The Labute approximate surface area is 134 Å². The Kier molecular flexibility index (Phi) is 5.95. The summed E-state index contributed by atoms with van der Waals surface area (Å²) < 4.78 is 27.7. The average molecular weight is 345 g/mol. The van der Waals surface area contributed by atoms with Gasteiger partial charge in [0.25, 0.3) is 0 Å². The SMILES string of the molecule is CCCNCc1sc(S(=O)(=O)NCc2ccsc2)cc1C. The second-order valence-electron chi connectivity index (χ2n) is 4.80. The van der Waals surface area contributed by atoms with Crippen molar-refractivity contribution < 1.29 is 8.42 Å². The highest BCUT2D eigenvalue weighted by atomic mass is 32.2. The number of thiophene rings is 2. The molecule has 0 saturated carbocycles. The van der Waals surface area contributed by atoms with Crippen LogP contribution in [0.2, 0.25) is 0 Å². The predicted molar refractivity (Wildman–Crippen MR) is 89.4 cm³/mol. The zero-order chi connectivity index (χ0) is 15.3. The maximum Gasteiger partial charge on any atom is 0.250 e. The van der Waals surface area contributed by atoms with Crippen molar-refractivity contribution in [1.82, 2.24) is 10.0 Å². The third kappa shape index (κ3) is 4.62. The van der Waals surface area contributed by atoms with E-state index in [-0.39, 0.29) is 0 Å². The van der Waals surface area contributed by atoms with Crippen molar-refractivity contribution in [1.29, 1.82) is 0 Å². The summed E-state index contributed by atoms with van der Waals surface area (Å²) in [7, 11) is -3.42. The zero-order valence-corrected chi connectivity index (χ0v) is 14.6. The van der Waals surface area contributed by atoms with Gasteiger partial charge < -0.3 is 5.32 Å². The fourth-order valence-corrected chi connectivity index (χ4v) is 5.11. The normalized spacial score (nSPS) is 11.9. The molecule has 21 heavy (non-hydrogen) atoms. The molecule has 0 saturated heterocycles. The maximum absolute atomic E-state index is 12.3. The molecular weight excluding hydrogens is 324 g/mol. The lowest BCUT2D eigenvalue weighted by atomic mass is 10.3. The highest BCUT2D eigenvalue weighted by Crippen LogP contribution is 2.26. The number of sulfonamides is 1. The molecule has 116 valence electrons. The first-order valence-electron chi connectivity index (χ1n) is 6.83. The van der Waals surface area contributed by atoms with Crippen LogP contribution in [0.1, 0.15) is 29.3 Å². The molecule has 0 fully saturated rings. The van der Waals surface area contributed by atoms with Crippen molar-refractivity contribution in [3.05, 3.63) is 38.9 Å². The Hall–Kier alpha value is -0.730. The molecule has 2 rings (SSSR count). The zero-order valence-electron chi connectivity index (χ0n) is 12.2. The van der Waals surface area contributed by atoms with Gasteiger partial charge in [0, 0.05) is 18.0 Å². The van der Waals surface area contributed by atoms with E-state index in [0.717, 1.165) is 35.5 Å². The van der Waals surface area contributed by atoms with Crippen molar-refractivity contribution in [2.45, 2.75) is 37.6 Å². The molecule has 2 aromatic heterocycles. The van der Waals surface area contributed by atoms with Crippen LogP contribution in [0.5, 0.6) is 0 Å². The van der Waals surface area contributed by atoms with Crippen LogP contribution in [-0.4, -0.2) is 15.0 Å². The number of hydrogen-bond acceptors (Lipinski definition) is 5. The summed E-state index contributed by atoms with van der Waals surface area (Å²) in [6.45, 7) is 6.07. The second kappa shape index (κ2) is 7.51. The number of rotatable bonds is 8. The number of hydrogen-bond donors (Lipinski definition) is 2. The van der Waals surface area contributed by atoms with Crippen LogP contribution in [0.4, 0.5) is 0 Å². The maximum atomic E-state index is 12.3. The molecule has 0 aliphatic heterocycles. The smallest absolute Gasteiger partial charge is 0.250 e. The minimum absolute atomic E-state index is 0.339. The molecule has 0 radical (unpaired) electrons. The Bertz CT molecular complexity index is 660. The minimum Gasteiger partial charge on any atom is -0.312 e. The van der Waals surface area contributed by atoms with Crippen molar-refractivity contribution >= 4 is 32.7 Å². The van der Waals surface area contributed by atoms with E-state index in [9.17, 15) is 8.42 Å².